The van der Waals surface area contributed by atoms with Gasteiger partial charge in [-0.05, 0) is 96.6 Å². The summed E-state index contributed by atoms with van der Waals surface area (Å²) in [7, 11) is -3.68. The molecule has 0 rings (SSSR count). The third-order valence-electron chi connectivity index (χ3n) is 13.4. The predicted molar refractivity (Wildman–Crippen MR) is 285 cm³/mol. The molecule has 0 aromatic carbocycles. The monoisotopic (exact) mass is 972 g/mol. The molecular formula is C57H114NO8P. The number of ether oxygens (including phenoxy) is 2. The van der Waals surface area contributed by atoms with Crippen molar-refractivity contribution in [3.05, 3.63) is 0 Å². The van der Waals surface area contributed by atoms with Crippen molar-refractivity contribution in [2.45, 2.75) is 317 Å². The number of nitrogens with zero attached hydrogens (tertiary/aromatic N) is 1. The second kappa shape index (κ2) is 51.4. The smallest absolute Gasteiger partial charge is 0.462 e. The van der Waals surface area contributed by atoms with E-state index in [4.69, 9.17) is 23.0 Å². The largest absolute Gasteiger partial charge is 0.474 e. The second-order valence-electron chi connectivity index (χ2n) is 19.8. The Morgan fingerprint density at radius 3 is 0.940 bits per heavy atom. The minimum atomic E-state index is -3.68. The fourth-order valence-electron chi connectivity index (χ4n) is 8.90. The van der Waals surface area contributed by atoms with Crippen LogP contribution in [0.5, 0.6) is 0 Å². The first-order valence-electron chi connectivity index (χ1n) is 29.4. The predicted octanol–water partition coefficient (Wildman–Crippen LogP) is 18.4. The first-order valence-corrected chi connectivity index (χ1v) is 30.9. The number of phosphoric ester groups is 1. The van der Waals surface area contributed by atoms with Crippen LogP contribution in [0.25, 0.3) is 0 Å². The quantitative estimate of drug-likeness (QED) is 0.0335. The van der Waals surface area contributed by atoms with Crippen LogP contribution in [0, 0.1) is 0 Å². The fourth-order valence-corrected chi connectivity index (χ4v) is 10.2. The van der Waals surface area contributed by atoms with Gasteiger partial charge in [-0.3, -0.25) is 23.2 Å². The summed E-state index contributed by atoms with van der Waals surface area (Å²) in [5, 5.41) is 0. The summed E-state index contributed by atoms with van der Waals surface area (Å²) in [6.07, 6.45) is 45.1. The van der Waals surface area contributed by atoms with E-state index in [1.54, 1.807) is 0 Å². The molecule has 67 heavy (non-hydrogen) atoms. The Labute approximate surface area is 416 Å². The fraction of sp³-hybridized carbons (Fsp3) is 0.965. The molecule has 400 valence electrons. The summed E-state index contributed by atoms with van der Waals surface area (Å²) < 4.78 is 43.4. The summed E-state index contributed by atoms with van der Waals surface area (Å²) in [6, 6.07) is 0. The van der Waals surface area contributed by atoms with E-state index in [2.05, 4.69) is 46.4 Å². The first kappa shape index (κ1) is 66.0. The van der Waals surface area contributed by atoms with Gasteiger partial charge in [0.2, 0.25) is 0 Å². The zero-order valence-electron chi connectivity index (χ0n) is 45.5. The highest BCUT2D eigenvalue weighted by atomic mass is 31.2. The van der Waals surface area contributed by atoms with Crippen LogP contribution < -0.4 is 0 Å². The van der Waals surface area contributed by atoms with Gasteiger partial charge in [-0.15, -0.1) is 0 Å². The normalized spacial score (nSPS) is 12.0. The molecule has 0 aromatic rings. The van der Waals surface area contributed by atoms with E-state index >= 15 is 0 Å². The number of esters is 2. The number of phosphoric acid groups is 1. The lowest BCUT2D eigenvalue weighted by Gasteiger charge is -2.20. The van der Waals surface area contributed by atoms with E-state index in [9.17, 15) is 14.2 Å². The molecule has 0 N–H and O–H groups in total. The van der Waals surface area contributed by atoms with Gasteiger partial charge in [0.25, 0.3) is 0 Å². The molecule has 0 aromatic heterocycles. The van der Waals surface area contributed by atoms with Gasteiger partial charge in [0.05, 0.1) is 19.8 Å². The van der Waals surface area contributed by atoms with Gasteiger partial charge in [0, 0.05) is 19.4 Å². The third-order valence-corrected chi connectivity index (χ3v) is 14.9. The maximum Gasteiger partial charge on any atom is 0.474 e. The molecule has 0 unspecified atom stereocenters. The topological polar surface area (TPSA) is 101 Å². The Morgan fingerprint density at radius 1 is 0.358 bits per heavy atom. The Balaban J connectivity index is 4.65. The van der Waals surface area contributed by atoms with E-state index in [0.717, 1.165) is 142 Å². The molecule has 9 nitrogen and oxygen atoms in total. The van der Waals surface area contributed by atoms with Crippen LogP contribution in [0.3, 0.4) is 0 Å². The number of rotatable bonds is 55. The van der Waals surface area contributed by atoms with Crippen LogP contribution >= 0.6 is 7.82 Å². The van der Waals surface area contributed by atoms with Crippen molar-refractivity contribution in [2.75, 3.05) is 39.5 Å². The molecule has 0 atom stereocenters. The lowest BCUT2D eigenvalue weighted by atomic mass is 10.0. The minimum absolute atomic E-state index is 0.0392. The zero-order valence-corrected chi connectivity index (χ0v) is 46.4. The van der Waals surface area contributed by atoms with Gasteiger partial charge in [0.1, 0.15) is 12.2 Å². The van der Waals surface area contributed by atoms with Crippen molar-refractivity contribution in [3.8, 4) is 0 Å². The van der Waals surface area contributed by atoms with E-state index in [0.29, 0.717) is 32.7 Å². The van der Waals surface area contributed by atoms with E-state index in [1.165, 1.54) is 128 Å². The number of hydrogen-bond donors (Lipinski definition) is 0. The summed E-state index contributed by atoms with van der Waals surface area (Å²) >= 11 is 0. The van der Waals surface area contributed by atoms with Gasteiger partial charge in [-0.25, -0.2) is 4.57 Å². The Hall–Kier alpha value is -0.990. The number of hydrogen-bond acceptors (Lipinski definition) is 9. The minimum Gasteiger partial charge on any atom is -0.462 e. The summed E-state index contributed by atoms with van der Waals surface area (Å²) in [5.74, 6) is -0.0785. The maximum absolute atomic E-state index is 13.7. The highest BCUT2D eigenvalue weighted by Crippen LogP contribution is 2.50. The molecule has 0 spiro atoms. The highest BCUT2D eigenvalue weighted by molar-refractivity contribution is 7.48. The van der Waals surface area contributed by atoms with Gasteiger partial charge in [0.15, 0.2) is 0 Å². The third kappa shape index (κ3) is 45.9. The van der Waals surface area contributed by atoms with Crippen molar-refractivity contribution in [1.29, 1.82) is 0 Å². The van der Waals surface area contributed by atoms with Gasteiger partial charge in [-0.2, -0.15) is 0 Å². The average molecular weight is 973 g/mol. The lowest BCUT2D eigenvalue weighted by molar-refractivity contribution is -0.151. The summed E-state index contributed by atoms with van der Waals surface area (Å²) in [6.45, 7) is 17.1. The van der Waals surface area contributed by atoms with Gasteiger partial charge < -0.3 is 14.4 Å². The van der Waals surface area contributed by atoms with Crippen molar-refractivity contribution in [1.82, 2.24) is 4.90 Å². The van der Waals surface area contributed by atoms with E-state index < -0.39 is 7.82 Å². The first-order chi connectivity index (χ1) is 32.8. The van der Waals surface area contributed by atoms with Crippen LogP contribution in [0.4, 0.5) is 0 Å². The average Bonchev–Trinajstić information content (AvgIpc) is 3.32. The molecule has 0 aliphatic rings. The maximum atomic E-state index is 13.7. The van der Waals surface area contributed by atoms with Crippen molar-refractivity contribution in [3.63, 3.8) is 0 Å². The molecular weight excluding hydrogens is 858 g/mol. The van der Waals surface area contributed by atoms with E-state index in [1.807, 2.05) is 0 Å². The standard InChI is InChI=1S/C57H114NO8P/c1-7-13-17-21-27-35-44-54(45-36-28-22-18-14-8-2)65-56(59)48-39-31-25-33-41-51-62-67(61,64-53-43-50-58(11-5)12-6)63-52-42-34-26-32-40-49-57(60)66-55(46-37-29-23-19-15-9-3)47-38-30-24-20-16-10-4/h54-55H,7-53H2,1-6H3. The van der Waals surface area contributed by atoms with Gasteiger partial charge >= 0.3 is 19.8 Å². The van der Waals surface area contributed by atoms with Crippen LogP contribution in [-0.4, -0.2) is 68.5 Å². The molecule has 0 heterocycles. The van der Waals surface area contributed by atoms with Crippen molar-refractivity contribution in [2.24, 2.45) is 0 Å². The number of unbranched alkanes of at least 4 members (excludes halogenated alkanes) is 28. The van der Waals surface area contributed by atoms with Crippen molar-refractivity contribution >= 4 is 19.8 Å². The molecule has 0 saturated carbocycles. The van der Waals surface area contributed by atoms with Crippen LogP contribution in [0.15, 0.2) is 0 Å². The van der Waals surface area contributed by atoms with Crippen LogP contribution in [0.2, 0.25) is 0 Å². The lowest BCUT2D eigenvalue weighted by Crippen LogP contribution is -2.24. The SMILES string of the molecule is CCCCCCCCC(CCCCCCCC)OC(=O)CCCCCCCOP(=O)(OCCCCCCCC(=O)OC(CCCCCCCC)CCCCCCCC)OCCCN(CC)CC. The molecule has 10 heteroatoms. The molecule has 0 radical (unpaired) electrons. The molecule has 0 fully saturated rings. The number of carbonyl (C=O) groups excluding carboxylic acids is 2. The Bertz CT molecular complexity index is 988. The second-order valence-corrected chi connectivity index (χ2v) is 21.5. The molecule has 0 bridgehead atoms. The zero-order chi connectivity index (χ0) is 49.2. The van der Waals surface area contributed by atoms with Crippen LogP contribution in [-0.2, 0) is 37.2 Å². The molecule has 0 aliphatic carbocycles. The summed E-state index contributed by atoms with van der Waals surface area (Å²) in [4.78, 5) is 28.0. The highest BCUT2D eigenvalue weighted by Gasteiger charge is 2.26. The number of carbonyl (C=O) groups is 2. The molecule has 0 saturated heterocycles. The Kier molecular flexibility index (Phi) is 50.6. The van der Waals surface area contributed by atoms with E-state index in [-0.39, 0.29) is 24.1 Å². The molecule has 0 amide bonds. The van der Waals surface area contributed by atoms with Crippen molar-refractivity contribution < 1.29 is 37.2 Å². The Morgan fingerprint density at radius 2 is 0.627 bits per heavy atom. The molecule has 0 aliphatic heterocycles. The summed E-state index contributed by atoms with van der Waals surface area (Å²) in [5.41, 5.74) is 0. The van der Waals surface area contributed by atoms with Crippen LogP contribution in [0.1, 0.15) is 305 Å². The van der Waals surface area contributed by atoms with Gasteiger partial charge in [-0.1, -0.05) is 208 Å².